The zero-order valence-electron chi connectivity index (χ0n) is 16.4. The van der Waals surface area contributed by atoms with Gasteiger partial charge >= 0.3 is 0 Å². The molecule has 7 heteroatoms. The molecule has 0 spiro atoms. The van der Waals surface area contributed by atoms with E-state index in [4.69, 9.17) is 0 Å². The lowest BCUT2D eigenvalue weighted by Crippen LogP contribution is -2.49. The molecule has 2 rings (SSSR count). The molecule has 0 saturated carbocycles. The zero-order valence-corrected chi connectivity index (χ0v) is 17.2. The Morgan fingerprint density at radius 1 is 1.27 bits per heavy atom. The first-order valence-corrected chi connectivity index (χ1v) is 10.6. The van der Waals surface area contributed by atoms with E-state index in [0.717, 1.165) is 11.1 Å². The lowest BCUT2D eigenvalue weighted by Gasteiger charge is -2.34. The Balaban J connectivity index is 2.13. The molecule has 0 radical (unpaired) electrons. The van der Waals surface area contributed by atoms with Crippen LogP contribution in [0.3, 0.4) is 0 Å². The van der Waals surface area contributed by atoms with Gasteiger partial charge in [-0.15, -0.1) is 0 Å². The maximum Gasteiger partial charge on any atom is 0.281 e. The second kappa shape index (κ2) is 8.50. The minimum atomic E-state index is -3.48. The van der Waals surface area contributed by atoms with E-state index in [9.17, 15) is 13.2 Å². The molecule has 0 aromatic heterocycles. The van der Waals surface area contributed by atoms with Gasteiger partial charge in [-0.3, -0.25) is 4.79 Å². The third-order valence-corrected chi connectivity index (χ3v) is 6.94. The Morgan fingerprint density at radius 2 is 1.92 bits per heavy atom. The first kappa shape index (κ1) is 20.9. The molecule has 1 heterocycles. The highest BCUT2D eigenvalue weighted by atomic mass is 32.2. The molecule has 1 aromatic carbocycles. The van der Waals surface area contributed by atoms with Gasteiger partial charge in [0.2, 0.25) is 5.91 Å². The number of aryl methyl sites for hydroxylation is 1. The van der Waals surface area contributed by atoms with Gasteiger partial charge in [0.15, 0.2) is 0 Å². The van der Waals surface area contributed by atoms with E-state index in [1.807, 2.05) is 31.2 Å². The molecule has 6 nitrogen and oxygen atoms in total. The van der Waals surface area contributed by atoms with Crippen molar-refractivity contribution in [2.45, 2.75) is 39.7 Å². The second-order valence-corrected chi connectivity index (χ2v) is 9.72. The van der Waals surface area contributed by atoms with Crippen molar-refractivity contribution in [3.05, 3.63) is 35.4 Å². The fourth-order valence-electron chi connectivity index (χ4n) is 3.41. The van der Waals surface area contributed by atoms with Crippen molar-refractivity contribution in [3.63, 3.8) is 0 Å². The molecule has 1 fully saturated rings. The minimum Gasteiger partial charge on any atom is -0.349 e. The van der Waals surface area contributed by atoms with E-state index in [1.165, 1.54) is 22.7 Å². The molecule has 1 amide bonds. The highest BCUT2D eigenvalue weighted by molar-refractivity contribution is 7.86. The van der Waals surface area contributed by atoms with E-state index >= 15 is 0 Å². The maximum atomic E-state index is 12.9. The highest BCUT2D eigenvalue weighted by Crippen LogP contribution is 2.27. The molecule has 1 aromatic rings. The average Bonchev–Trinajstić information content (AvgIpc) is 2.60. The molecule has 1 saturated heterocycles. The number of amides is 1. The largest absolute Gasteiger partial charge is 0.349 e. The summed E-state index contributed by atoms with van der Waals surface area (Å²) >= 11 is 0. The summed E-state index contributed by atoms with van der Waals surface area (Å²) in [6.45, 7) is 6.92. The van der Waals surface area contributed by atoms with Gasteiger partial charge in [-0.25, -0.2) is 0 Å². The van der Waals surface area contributed by atoms with Crippen LogP contribution in [0.25, 0.3) is 0 Å². The van der Waals surface area contributed by atoms with Gasteiger partial charge in [-0.2, -0.15) is 17.0 Å². The Labute approximate surface area is 157 Å². The summed E-state index contributed by atoms with van der Waals surface area (Å²) in [6.07, 6.45) is 1.41. The van der Waals surface area contributed by atoms with E-state index < -0.39 is 10.2 Å². The quantitative estimate of drug-likeness (QED) is 0.822. The zero-order chi connectivity index (χ0) is 19.5. The van der Waals surface area contributed by atoms with E-state index in [0.29, 0.717) is 19.4 Å². The Morgan fingerprint density at radius 3 is 2.50 bits per heavy atom. The average molecular weight is 382 g/mol. The monoisotopic (exact) mass is 381 g/mol. The number of rotatable bonds is 6. The van der Waals surface area contributed by atoms with Crippen molar-refractivity contribution in [3.8, 4) is 0 Å². The summed E-state index contributed by atoms with van der Waals surface area (Å²) in [7, 11) is -0.444. The molecular weight excluding hydrogens is 350 g/mol. The van der Waals surface area contributed by atoms with Gasteiger partial charge in [0.25, 0.3) is 10.2 Å². The van der Waals surface area contributed by atoms with Crippen LogP contribution < -0.4 is 5.32 Å². The van der Waals surface area contributed by atoms with Crippen molar-refractivity contribution >= 4 is 16.1 Å². The summed E-state index contributed by atoms with van der Waals surface area (Å²) < 4.78 is 27.4. The first-order chi connectivity index (χ1) is 12.1. The van der Waals surface area contributed by atoms with E-state index in [-0.39, 0.29) is 30.3 Å². The van der Waals surface area contributed by atoms with Gasteiger partial charge in [0, 0.05) is 27.2 Å². The maximum absolute atomic E-state index is 12.9. The van der Waals surface area contributed by atoms with Crippen LogP contribution in [-0.2, 0) is 15.0 Å². The first-order valence-electron chi connectivity index (χ1n) is 9.18. The molecule has 0 unspecified atom stereocenters. The predicted molar refractivity (Wildman–Crippen MR) is 104 cm³/mol. The van der Waals surface area contributed by atoms with Crippen LogP contribution in [0.15, 0.2) is 24.3 Å². The van der Waals surface area contributed by atoms with Gasteiger partial charge in [0.1, 0.15) is 0 Å². The van der Waals surface area contributed by atoms with Crippen LogP contribution in [-0.4, -0.2) is 50.1 Å². The lowest BCUT2D eigenvalue weighted by atomic mass is 9.91. The van der Waals surface area contributed by atoms with E-state index in [2.05, 4.69) is 19.2 Å². The molecule has 0 aliphatic carbocycles. The Bertz CT molecular complexity index is 731. The molecular formula is C19H31N3O3S. The normalized spacial score (nSPS) is 20.3. The standard InChI is InChI=1S/C19H31N3O3S/c1-14(2)18(17-11-7-6-9-15(17)3)20-19(23)16-10-8-12-22(13-16)26(24,25)21(4)5/h6-7,9,11,14,16,18H,8,10,12-13H2,1-5H3,(H,20,23)/t16-,18-/m0/s1. The molecule has 146 valence electrons. The molecule has 2 atom stereocenters. The molecule has 1 N–H and O–H groups in total. The van der Waals surface area contributed by atoms with Crippen molar-refractivity contribution < 1.29 is 13.2 Å². The van der Waals surface area contributed by atoms with Crippen molar-refractivity contribution in [2.24, 2.45) is 11.8 Å². The summed E-state index contributed by atoms with van der Waals surface area (Å²) in [4.78, 5) is 12.9. The van der Waals surface area contributed by atoms with Crippen molar-refractivity contribution in [1.82, 2.24) is 13.9 Å². The van der Waals surface area contributed by atoms with Crippen LogP contribution in [0.1, 0.15) is 43.9 Å². The fourth-order valence-corrected chi connectivity index (χ4v) is 4.60. The number of piperidine rings is 1. The SMILES string of the molecule is Cc1ccccc1[C@@H](NC(=O)[C@H]1CCCN(S(=O)(=O)N(C)C)C1)C(C)C. The number of nitrogens with one attached hydrogen (secondary N) is 1. The summed E-state index contributed by atoms with van der Waals surface area (Å²) in [6, 6.07) is 7.98. The van der Waals surface area contributed by atoms with Crippen LogP contribution in [0.2, 0.25) is 0 Å². The number of hydrogen-bond donors (Lipinski definition) is 1. The number of nitrogens with zero attached hydrogens (tertiary/aromatic N) is 2. The number of hydrogen-bond acceptors (Lipinski definition) is 3. The summed E-state index contributed by atoms with van der Waals surface area (Å²) in [5.74, 6) is -0.139. The predicted octanol–water partition coefficient (Wildman–Crippen LogP) is 2.33. The van der Waals surface area contributed by atoms with Crippen molar-refractivity contribution in [2.75, 3.05) is 27.2 Å². The summed E-state index contributed by atoms with van der Waals surface area (Å²) in [5, 5.41) is 3.17. The number of carbonyl (C=O) groups excluding carboxylic acids is 1. The Hall–Kier alpha value is -1.44. The number of carbonyl (C=O) groups is 1. The topological polar surface area (TPSA) is 69.7 Å². The third-order valence-electron chi connectivity index (χ3n) is 5.03. The van der Waals surface area contributed by atoms with Crippen LogP contribution in [0, 0.1) is 18.8 Å². The molecule has 26 heavy (non-hydrogen) atoms. The van der Waals surface area contributed by atoms with Crippen LogP contribution in [0.5, 0.6) is 0 Å². The Kier molecular flexibility index (Phi) is 6.82. The smallest absolute Gasteiger partial charge is 0.281 e. The lowest BCUT2D eigenvalue weighted by molar-refractivity contribution is -0.127. The molecule has 1 aliphatic heterocycles. The fraction of sp³-hybridized carbons (Fsp3) is 0.632. The minimum absolute atomic E-state index is 0.0643. The third kappa shape index (κ3) is 4.64. The second-order valence-electron chi connectivity index (χ2n) is 7.57. The summed E-state index contributed by atoms with van der Waals surface area (Å²) in [5.41, 5.74) is 2.26. The van der Waals surface area contributed by atoms with Crippen LogP contribution >= 0.6 is 0 Å². The molecule has 1 aliphatic rings. The van der Waals surface area contributed by atoms with Gasteiger partial charge < -0.3 is 5.32 Å². The van der Waals surface area contributed by atoms with Gasteiger partial charge in [-0.05, 0) is 36.8 Å². The number of benzene rings is 1. The van der Waals surface area contributed by atoms with Crippen molar-refractivity contribution in [1.29, 1.82) is 0 Å². The van der Waals surface area contributed by atoms with Gasteiger partial charge in [-0.1, -0.05) is 38.1 Å². The van der Waals surface area contributed by atoms with Crippen LogP contribution in [0.4, 0.5) is 0 Å². The van der Waals surface area contributed by atoms with Gasteiger partial charge in [0.05, 0.1) is 12.0 Å². The van der Waals surface area contributed by atoms with E-state index in [1.54, 1.807) is 0 Å². The molecule has 0 bridgehead atoms. The highest BCUT2D eigenvalue weighted by Gasteiger charge is 2.34.